The van der Waals surface area contributed by atoms with Gasteiger partial charge < -0.3 is 10.0 Å². The first-order chi connectivity index (χ1) is 8.41. The maximum atomic E-state index is 12.3. The third-order valence-electron chi connectivity index (χ3n) is 2.64. The molecule has 1 aromatic rings. The number of hydrogen-bond acceptors (Lipinski definition) is 3. The molecule has 1 heterocycles. The van der Waals surface area contributed by atoms with Gasteiger partial charge in [-0.15, -0.1) is 0 Å². The van der Waals surface area contributed by atoms with Crippen LogP contribution in [0.2, 0.25) is 0 Å². The van der Waals surface area contributed by atoms with E-state index in [1.807, 2.05) is 37.6 Å². The van der Waals surface area contributed by atoms with Crippen molar-refractivity contribution in [3.63, 3.8) is 0 Å². The molecule has 0 fully saturated rings. The van der Waals surface area contributed by atoms with Crippen LogP contribution in [0.3, 0.4) is 0 Å². The Hall–Kier alpha value is -1.36. The number of aliphatic carboxylic acids is 1. The molecule has 4 nitrogen and oxygen atoms in total. The van der Waals surface area contributed by atoms with Crippen molar-refractivity contribution >= 4 is 23.2 Å². The van der Waals surface area contributed by atoms with Gasteiger partial charge in [0.1, 0.15) is 6.54 Å². The highest BCUT2D eigenvalue weighted by molar-refractivity contribution is 7.08. The summed E-state index contributed by atoms with van der Waals surface area (Å²) in [7, 11) is 0. The fourth-order valence-corrected chi connectivity index (χ4v) is 2.53. The Morgan fingerprint density at radius 3 is 2.50 bits per heavy atom. The van der Waals surface area contributed by atoms with E-state index in [2.05, 4.69) is 0 Å². The average molecular weight is 269 g/mol. The number of carbonyl (C=O) groups is 2. The molecule has 1 rings (SSSR count). The summed E-state index contributed by atoms with van der Waals surface area (Å²) in [5, 5.41) is 12.7. The lowest BCUT2D eigenvalue weighted by atomic mass is 10.0. The van der Waals surface area contributed by atoms with Crippen LogP contribution >= 0.6 is 11.3 Å². The zero-order valence-corrected chi connectivity index (χ0v) is 11.7. The van der Waals surface area contributed by atoms with E-state index in [-0.39, 0.29) is 24.3 Å². The minimum atomic E-state index is -0.971. The predicted octanol–water partition coefficient (Wildman–Crippen LogP) is 2.42. The molecule has 0 saturated carbocycles. The van der Waals surface area contributed by atoms with Gasteiger partial charge in [-0.3, -0.25) is 9.59 Å². The van der Waals surface area contributed by atoms with Crippen LogP contribution in [0.5, 0.6) is 0 Å². The highest BCUT2D eigenvalue weighted by Gasteiger charge is 2.24. The van der Waals surface area contributed by atoms with E-state index in [0.29, 0.717) is 6.54 Å². The van der Waals surface area contributed by atoms with Gasteiger partial charge in [0.2, 0.25) is 5.91 Å². The number of carboxylic acids is 1. The van der Waals surface area contributed by atoms with Gasteiger partial charge in [0.25, 0.3) is 0 Å². The molecular weight excluding hydrogens is 250 g/mol. The molecule has 0 aliphatic carbocycles. The molecule has 1 atom stereocenters. The number of hydrogen-bond donors (Lipinski definition) is 1. The molecule has 0 aromatic carbocycles. The van der Waals surface area contributed by atoms with Crippen molar-refractivity contribution in [2.75, 3.05) is 13.1 Å². The third-order valence-corrected chi connectivity index (χ3v) is 3.34. The molecule has 0 radical (unpaired) electrons. The summed E-state index contributed by atoms with van der Waals surface area (Å²) < 4.78 is 0. The Morgan fingerprint density at radius 2 is 2.06 bits per heavy atom. The van der Waals surface area contributed by atoms with Crippen LogP contribution in [0.25, 0.3) is 0 Å². The standard InChI is InChI=1S/C13H19NO3S/c1-9(2)6-14(7-12(15)16)13(17)10(3)11-4-5-18-8-11/h4-5,8-10H,6-7H2,1-3H3,(H,15,16). The first-order valence-electron chi connectivity index (χ1n) is 5.94. The van der Waals surface area contributed by atoms with E-state index in [9.17, 15) is 9.59 Å². The second-order valence-electron chi connectivity index (χ2n) is 4.78. The molecule has 0 aliphatic rings. The van der Waals surface area contributed by atoms with E-state index >= 15 is 0 Å². The normalized spacial score (nSPS) is 12.4. The summed E-state index contributed by atoms with van der Waals surface area (Å²) in [5.74, 6) is -1.12. The highest BCUT2D eigenvalue weighted by Crippen LogP contribution is 2.21. The van der Waals surface area contributed by atoms with Crippen LogP contribution in [0.4, 0.5) is 0 Å². The van der Waals surface area contributed by atoms with Gasteiger partial charge in [0, 0.05) is 6.54 Å². The average Bonchev–Trinajstić information content (AvgIpc) is 2.78. The van der Waals surface area contributed by atoms with E-state index < -0.39 is 5.97 Å². The highest BCUT2D eigenvalue weighted by atomic mass is 32.1. The van der Waals surface area contributed by atoms with Crippen LogP contribution < -0.4 is 0 Å². The fraction of sp³-hybridized carbons (Fsp3) is 0.538. The van der Waals surface area contributed by atoms with Crippen LogP contribution in [0.1, 0.15) is 32.3 Å². The monoisotopic (exact) mass is 269 g/mol. The Balaban J connectivity index is 2.77. The van der Waals surface area contributed by atoms with Crippen molar-refractivity contribution < 1.29 is 14.7 Å². The van der Waals surface area contributed by atoms with Crippen molar-refractivity contribution in [2.45, 2.75) is 26.7 Å². The third kappa shape index (κ3) is 4.14. The quantitative estimate of drug-likeness (QED) is 0.863. The minimum absolute atomic E-state index is 0.121. The predicted molar refractivity (Wildman–Crippen MR) is 71.8 cm³/mol. The first-order valence-corrected chi connectivity index (χ1v) is 6.88. The number of amides is 1. The van der Waals surface area contributed by atoms with Crippen molar-refractivity contribution in [1.29, 1.82) is 0 Å². The number of nitrogens with zero attached hydrogens (tertiary/aromatic N) is 1. The molecule has 1 aromatic heterocycles. The molecule has 1 unspecified atom stereocenters. The van der Waals surface area contributed by atoms with E-state index in [4.69, 9.17) is 5.11 Å². The second kappa shape index (κ2) is 6.54. The fourth-order valence-electron chi connectivity index (χ4n) is 1.77. The molecule has 0 aliphatic heterocycles. The molecule has 18 heavy (non-hydrogen) atoms. The lowest BCUT2D eigenvalue weighted by Crippen LogP contribution is -2.40. The van der Waals surface area contributed by atoms with Gasteiger partial charge in [-0.2, -0.15) is 11.3 Å². The zero-order chi connectivity index (χ0) is 13.7. The van der Waals surface area contributed by atoms with Crippen molar-refractivity contribution in [3.05, 3.63) is 22.4 Å². The minimum Gasteiger partial charge on any atom is -0.480 e. The van der Waals surface area contributed by atoms with E-state index in [1.54, 1.807) is 0 Å². The zero-order valence-electron chi connectivity index (χ0n) is 10.9. The van der Waals surface area contributed by atoms with Gasteiger partial charge in [-0.1, -0.05) is 13.8 Å². The van der Waals surface area contributed by atoms with Crippen molar-refractivity contribution in [2.24, 2.45) is 5.92 Å². The molecule has 1 N–H and O–H groups in total. The maximum absolute atomic E-state index is 12.3. The Labute approximate surface area is 111 Å². The summed E-state index contributed by atoms with van der Waals surface area (Å²) in [4.78, 5) is 24.5. The van der Waals surface area contributed by atoms with Crippen LogP contribution in [-0.4, -0.2) is 35.0 Å². The molecular formula is C13H19NO3S. The second-order valence-corrected chi connectivity index (χ2v) is 5.56. The van der Waals surface area contributed by atoms with Crippen LogP contribution in [0, 0.1) is 5.92 Å². The van der Waals surface area contributed by atoms with Gasteiger partial charge in [-0.25, -0.2) is 0 Å². The summed E-state index contributed by atoms with van der Waals surface area (Å²) in [6, 6.07) is 1.90. The lowest BCUT2D eigenvalue weighted by molar-refractivity contribution is -0.145. The van der Waals surface area contributed by atoms with Crippen molar-refractivity contribution in [3.8, 4) is 0 Å². The smallest absolute Gasteiger partial charge is 0.323 e. The Kier molecular flexibility index (Phi) is 5.34. The van der Waals surface area contributed by atoms with Crippen LogP contribution in [-0.2, 0) is 9.59 Å². The molecule has 0 saturated heterocycles. The molecule has 1 amide bonds. The molecule has 0 spiro atoms. The summed E-state index contributed by atoms with van der Waals surface area (Å²) in [6.07, 6.45) is 0. The Morgan fingerprint density at radius 1 is 1.39 bits per heavy atom. The summed E-state index contributed by atoms with van der Waals surface area (Å²) in [5.41, 5.74) is 0.948. The van der Waals surface area contributed by atoms with E-state index in [1.165, 1.54) is 16.2 Å². The Bertz CT molecular complexity index is 400. The van der Waals surface area contributed by atoms with Crippen molar-refractivity contribution in [1.82, 2.24) is 4.90 Å². The first kappa shape index (κ1) is 14.7. The number of thiophene rings is 1. The maximum Gasteiger partial charge on any atom is 0.323 e. The lowest BCUT2D eigenvalue weighted by Gasteiger charge is -2.25. The van der Waals surface area contributed by atoms with Crippen LogP contribution in [0.15, 0.2) is 16.8 Å². The van der Waals surface area contributed by atoms with Gasteiger partial charge in [-0.05, 0) is 35.2 Å². The van der Waals surface area contributed by atoms with Gasteiger partial charge >= 0.3 is 5.97 Å². The SMILES string of the molecule is CC(C)CN(CC(=O)O)C(=O)C(C)c1ccsc1. The van der Waals surface area contributed by atoms with Gasteiger partial charge in [0.15, 0.2) is 0 Å². The van der Waals surface area contributed by atoms with Gasteiger partial charge in [0.05, 0.1) is 5.92 Å². The van der Waals surface area contributed by atoms with E-state index in [0.717, 1.165) is 5.56 Å². The summed E-state index contributed by atoms with van der Waals surface area (Å²) in [6.45, 7) is 6.00. The largest absolute Gasteiger partial charge is 0.480 e. The number of rotatable bonds is 6. The molecule has 5 heteroatoms. The molecule has 100 valence electrons. The summed E-state index contributed by atoms with van der Waals surface area (Å²) >= 11 is 1.54. The topological polar surface area (TPSA) is 57.6 Å². The molecule has 0 bridgehead atoms. The number of carboxylic acid groups (broad SMARTS) is 1. The number of carbonyl (C=O) groups excluding carboxylic acids is 1.